The predicted octanol–water partition coefficient (Wildman–Crippen LogP) is 1.76. The zero-order valence-corrected chi connectivity index (χ0v) is 18.2. The van der Waals surface area contributed by atoms with Crippen molar-refractivity contribution >= 4 is 16.8 Å². The number of carbonyl (C=O) groups excluding carboxylic acids is 1. The van der Waals surface area contributed by atoms with Crippen molar-refractivity contribution in [3.8, 4) is 5.88 Å². The van der Waals surface area contributed by atoms with E-state index < -0.39 is 28.8 Å². The molecule has 9 nitrogen and oxygen atoms in total. The van der Waals surface area contributed by atoms with E-state index in [1.54, 1.807) is 18.3 Å². The monoisotopic (exact) mass is 467 g/mol. The van der Waals surface area contributed by atoms with Crippen LogP contribution in [0.25, 0.3) is 10.9 Å². The Balaban J connectivity index is 1.66. The maximum atomic E-state index is 13.6. The van der Waals surface area contributed by atoms with Crippen LogP contribution in [-0.4, -0.2) is 32.1 Å². The zero-order chi connectivity index (χ0) is 24.4. The van der Waals surface area contributed by atoms with Gasteiger partial charge in [-0.05, 0) is 35.4 Å². The molecule has 0 saturated carbocycles. The van der Waals surface area contributed by atoms with Crippen molar-refractivity contribution in [1.29, 1.82) is 0 Å². The minimum Gasteiger partial charge on any atom is -0.481 e. The van der Waals surface area contributed by atoms with E-state index in [-0.39, 0.29) is 35.2 Å². The van der Waals surface area contributed by atoms with Gasteiger partial charge in [-0.1, -0.05) is 6.07 Å². The van der Waals surface area contributed by atoms with Crippen LogP contribution in [0.4, 0.5) is 8.78 Å². The van der Waals surface area contributed by atoms with Gasteiger partial charge in [0.15, 0.2) is 11.6 Å². The van der Waals surface area contributed by atoms with E-state index in [0.717, 1.165) is 22.3 Å². The number of aromatic nitrogens is 4. The van der Waals surface area contributed by atoms with Gasteiger partial charge in [0.05, 0.1) is 30.8 Å². The van der Waals surface area contributed by atoms with Gasteiger partial charge in [-0.2, -0.15) is 0 Å². The summed E-state index contributed by atoms with van der Waals surface area (Å²) in [6.45, 7) is -0.0998. The van der Waals surface area contributed by atoms with Crippen molar-refractivity contribution in [2.24, 2.45) is 7.05 Å². The third kappa shape index (κ3) is 4.40. The van der Waals surface area contributed by atoms with Crippen molar-refractivity contribution in [2.75, 3.05) is 7.11 Å². The van der Waals surface area contributed by atoms with Crippen LogP contribution in [-0.2, 0) is 20.1 Å². The summed E-state index contributed by atoms with van der Waals surface area (Å²) in [4.78, 5) is 46.5. The first-order chi connectivity index (χ1) is 16.3. The Hall–Kier alpha value is -4.41. The second kappa shape index (κ2) is 9.22. The average molecular weight is 467 g/mol. The van der Waals surface area contributed by atoms with E-state index in [9.17, 15) is 23.2 Å². The van der Waals surface area contributed by atoms with Gasteiger partial charge >= 0.3 is 5.69 Å². The number of hydrogen-bond donors (Lipinski definition) is 1. The molecule has 1 amide bonds. The Bertz CT molecular complexity index is 1530. The molecule has 174 valence electrons. The highest BCUT2D eigenvalue weighted by atomic mass is 19.2. The van der Waals surface area contributed by atoms with Crippen molar-refractivity contribution in [1.82, 2.24) is 24.4 Å². The number of nitrogens with zero attached hydrogens (tertiary/aromatic N) is 4. The van der Waals surface area contributed by atoms with Gasteiger partial charge in [-0.25, -0.2) is 23.5 Å². The molecule has 1 N–H and O–H groups in total. The highest BCUT2D eigenvalue weighted by Crippen LogP contribution is 2.12. The van der Waals surface area contributed by atoms with Gasteiger partial charge in [0.2, 0.25) is 5.88 Å². The molecule has 4 rings (SSSR count). The summed E-state index contributed by atoms with van der Waals surface area (Å²) >= 11 is 0. The maximum absolute atomic E-state index is 13.6. The molecule has 1 aromatic carbocycles. The SMILES string of the molecule is COc1cc(CNC(=O)c2cc3c(=O)n(Cc4ccc(F)c(F)c4)c(=O)n(C)c3cn2)ccn1. The summed E-state index contributed by atoms with van der Waals surface area (Å²) in [6, 6.07) is 7.80. The normalized spacial score (nSPS) is 10.9. The highest BCUT2D eigenvalue weighted by Gasteiger charge is 2.16. The first kappa shape index (κ1) is 22.8. The number of halogens is 2. The summed E-state index contributed by atoms with van der Waals surface area (Å²) in [5.41, 5.74) is -0.156. The van der Waals surface area contributed by atoms with Gasteiger partial charge < -0.3 is 10.1 Å². The minimum atomic E-state index is -1.09. The van der Waals surface area contributed by atoms with Crippen LogP contribution in [0.5, 0.6) is 5.88 Å². The molecule has 34 heavy (non-hydrogen) atoms. The van der Waals surface area contributed by atoms with E-state index in [0.29, 0.717) is 5.88 Å². The molecule has 3 heterocycles. The smallest absolute Gasteiger partial charge is 0.331 e. The van der Waals surface area contributed by atoms with Crippen LogP contribution in [0.3, 0.4) is 0 Å². The molecule has 0 fully saturated rings. The van der Waals surface area contributed by atoms with Crippen molar-refractivity contribution in [2.45, 2.75) is 13.1 Å². The number of hydrogen-bond acceptors (Lipinski definition) is 6. The Morgan fingerprint density at radius 2 is 1.85 bits per heavy atom. The van der Waals surface area contributed by atoms with E-state index in [2.05, 4.69) is 15.3 Å². The van der Waals surface area contributed by atoms with E-state index in [4.69, 9.17) is 4.74 Å². The Kier molecular flexibility index (Phi) is 6.17. The number of ether oxygens (including phenoxy) is 1. The Morgan fingerprint density at radius 1 is 1.06 bits per heavy atom. The highest BCUT2D eigenvalue weighted by molar-refractivity contribution is 5.95. The predicted molar refractivity (Wildman–Crippen MR) is 119 cm³/mol. The Labute approximate surface area is 191 Å². The Morgan fingerprint density at radius 3 is 2.59 bits per heavy atom. The summed E-state index contributed by atoms with van der Waals surface area (Å²) in [6.07, 6.45) is 2.81. The molecule has 3 aromatic heterocycles. The molecule has 11 heteroatoms. The van der Waals surface area contributed by atoms with Gasteiger partial charge in [0.25, 0.3) is 11.5 Å². The van der Waals surface area contributed by atoms with E-state index in [1.165, 1.54) is 37.1 Å². The summed E-state index contributed by atoms with van der Waals surface area (Å²) in [5, 5.41) is 2.78. The quantitative estimate of drug-likeness (QED) is 0.463. The summed E-state index contributed by atoms with van der Waals surface area (Å²) in [7, 11) is 2.93. The van der Waals surface area contributed by atoms with E-state index >= 15 is 0 Å². The summed E-state index contributed by atoms with van der Waals surface area (Å²) < 4.78 is 34.0. The van der Waals surface area contributed by atoms with Gasteiger partial charge in [-0.15, -0.1) is 0 Å². The third-order valence-electron chi connectivity index (χ3n) is 5.26. The standard InChI is InChI=1S/C23H19F2N5O4/c1-29-19-11-27-18(21(31)28-10-13-5-6-26-20(8-13)34-2)9-15(19)22(32)30(23(29)33)12-14-3-4-16(24)17(25)7-14/h3-9,11H,10,12H2,1-2H3,(H,28,31). The molecule has 0 spiro atoms. The van der Waals surface area contributed by atoms with Crippen molar-refractivity contribution in [3.05, 3.63) is 98.1 Å². The average Bonchev–Trinajstić information content (AvgIpc) is 2.85. The molecule has 0 radical (unpaired) electrons. The number of methoxy groups -OCH3 is 1. The lowest BCUT2D eigenvalue weighted by molar-refractivity contribution is 0.0946. The molecule has 0 aliphatic carbocycles. The number of fused-ring (bicyclic) bond motifs is 1. The first-order valence-electron chi connectivity index (χ1n) is 10.1. The molecule has 0 aliphatic heterocycles. The topological polar surface area (TPSA) is 108 Å². The number of benzene rings is 1. The van der Waals surface area contributed by atoms with Crippen molar-refractivity contribution < 1.29 is 18.3 Å². The van der Waals surface area contributed by atoms with Crippen LogP contribution < -0.4 is 21.3 Å². The van der Waals surface area contributed by atoms with Crippen LogP contribution in [0.1, 0.15) is 21.6 Å². The maximum Gasteiger partial charge on any atom is 0.331 e. The third-order valence-corrected chi connectivity index (χ3v) is 5.26. The van der Waals surface area contributed by atoms with Crippen LogP contribution in [0, 0.1) is 11.6 Å². The number of rotatable bonds is 6. The van der Waals surface area contributed by atoms with Crippen LogP contribution in [0.2, 0.25) is 0 Å². The van der Waals surface area contributed by atoms with Gasteiger partial charge in [0.1, 0.15) is 5.69 Å². The lowest BCUT2D eigenvalue weighted by atomic mass is 10.2. The second-order valence-corrected chi connectivity index (χ2v) is 7.46. The molecule has 0 atom stereocenters. The number of amides is 1. The minimum absolute atomic E-state index is 0.0244. The molecule has 0 unspecified atom stereocenters. The van der Waals surface area contributed by atoms with Crippen LogP contribution in [0.15, 0.2) is 58.4 Å². The molecule has 0 aliphatic rings. The largest absolute Gasteiger partial charge is 0.481 e. The van der Waals surface area contributed by atoms with Gasteiger partial charge in [0, 0.05) is 25.9 Å². The molecule has 0 saturated heterocycles. The lowest BCUT2D eigenvalue weighted by Gasteiger charge is -2.12. The zero-order valence-electron chi connectivity index (χ0n) is 18.2. The molecule has 4 aromatic rings. The number of aryl methyl sites for hydroxylation is 1. The molecular formula is C23H19F2N5O4. The fourth-order valence-electron chi connectivity index (χ4n) is 3.43. The fraction of sp³-hybridized carbons (Fsp3) is 0.174. The summed E-state index contributed by atoms with van der Waals surface area (Å²) in [5.74, 6) is -2.25. The first-order valence-corrected chi connectivity index (χ1v) is 10.1. The number of carbonyl (C=O) groups is 1. The molecular weight excluding hydrogens is 448 g/mol. The lowest BCUT2D eigenvalue weighted by Crippen LogP contribution is -2.39. The fourth-order valence-corrected chi connectivity index (χ4v) is 3.43. The van der Waals surface area contributed by atoms with E-state index in [1.807, 2.05) is 0 Å². The number of pyridine rings is 2. The van der Waals surface area contributed by atoms with Crippen molar-refractivity contribution in [3.63, 3.8) is 0 Å². The molecule has 0 bridgehead atoms. The second-order valence-electron chi connectivity index (χ2n) is 7.46. The van der Waals surface area contributed by atoms with Crippen LogP contribution >= 0.6 is 0 Å². The van der Waals surface area contributed by atoms with Gasteiger partial charge in [-0.3, -0.25) is 18.7 Å². The number of nitrogens with one attached hydrogen (secondary N) is 1.